The third-order valence-corrected chi connectivity index (χ3v) is 4.23. The number of hydrogen-bond donors (Lipinski definition) is 3. The van der Waals surface area contributed by atoms with Crippen molar-refractivity contribution >= 4 is 22.9 Å². The van der Waals surface area contributed by atoms with E-state index in [1.165, 1.54) is 0 Å². The molecule has 3 N–H and O–H groups in total. The maximum absolute atomic E-state index is 12.4. The third kappa shape index (κ3) is 2.93. The van der Waals surface area contributed by atoms with Crippen molar-refractivity contribution in [3.05, 3.63) is 23.8 Å². The van der Waals surface area contributed by atoms with Gasteiger partial charge in [-0.15, -0.1) is 0 Å². The number of nitrogens with one attached hydrogen (secondary N) is 2. The average molecular weight is 302 g/mol. The molecule has 7 nitrogen and oxygen atoms in total. The van der Waals surface area contributed by atoms with E-state index in [4.69, 9.17) is 0 Å². The predicted molar refractivity (Wildman–Crippen MR) is 79.4 cm³/mol. The minimum atomic E-state index is -0.834. The first-order valence-corrected chi connectivity index (χ1v) is 7.49. The first kappa shape index (κ1) is 14.5. The monoisotopic (exact) mass is 302 g/mol. The Labute approximate surface area is 127 Å². The van der Waals surface area contributed by atoms with Crippen LogP contribution in [-0.2, 0) is 4.79 Å². The second-order valence-electron chi connectivity index (χ2n) is 5.69. The summed E-state index contributed by atoms with van der Waals surface area (Å²) in [6.07, 6.45) is 4.17. The van der Waals surface area contributed by atoms with Gasteiger partial charge in [-0.25, -0.2) is 0 Å². The molecule has 3 rings (SSSR count). The van der Waals surface area contributed by atoms with Crippen LogP contribution in [0.3, 0.4) is 0 Å². The molecule has 2 atom stereocenters. The van der Waals surface area contributed by atoms with Crippen LogP contribution in [0.2, 0.25) is 0 Å². The first-order valence-electron chi connectivity index (χ1n) is 7.49. The van der Waals surface area contributed by atoms with Gasteiger partial charge in [0.2, 0.25) is 0 Å². The molecule has 0 spiro atoms. The number of nitrogens with zero attached hydrogens (tertiary/aromatic N) is 2. The fraction of sp³-hybridized carbons (Fsp3) is 0.467. The van der Waals surface area contributed by atoms with Crippen molar-refractivity contribution in [3.63, 3.8) is 0 Å². The van der Waals surface area contributed by atoms with Gasteiger partial charge in [0.15, 0.2) is 0 Å². The molecule has 1 heterocycles. The van der Waals surface area contributed by atoms with Gasteiger partial charge in [0, 0.05) is 11.6 Å². The molecule has 116 valence electrons. The highest BCUT2D eigenvalue weighted by molar-refractivity contribution is 5.97. The SMILES string of the molecule is O=C(N[C@H]1CCCCC[C@H]1C(=O)O)c1ccc2n[nH]nc2c1. The average Bonchev–Trinajstić information content (AvgIpc) is 2.84. The van der Waals surface area contributed by atoms with E-state index >= 15 is 0 Å². The van der Waals surface area contributed by atoms with Crippen LogP contribution in [0.4, 0.5) is 0 Å². The number of aromatic amines is 1. The number of carboxylic acids is 1. The molecular formula is C15H18N4O3. The Bertz CT molecular complexity index is 697. The molecule has 0 aliphatic heterocycles. The fourth-order valence-corrected chi connectivity index (χ4v) is 3.01. The Morgan fingerprint density at radius 3 is 2.73 bits per heavy atom. The van der Waals surface area contributed by atoms with Crippen molar-refractivity contribution in [2.45, 2.75) is 38.1 Å². The summed E-state index contributed by atoms with van der Waals surface area (Å²) < 4.78 is 0. The molecule has 22 heavy (non-hydrogen) atoms. The van der Waals surface area contributed by atoms with Crippen molar-refractivity contribution in [1.29, 1.82) is 0 Å². The topological polar surface area (TPSA) is 108 Å². The predicted octanol–water partition coefficient (Wildman–Crippen LogP) is 1.72. The molecule has 0 saturated heterocycles. The van der Waals surface area contributed by atoms with Gasteiger partial charge in [-0.2, -0.15) is 15.4 Å². The maximum Gasteiger partial charge on any atom is 0.308 e. The minimum Gasteiger partial charge on any atom is -0.481 e. The van der Waals surface area contributed by atoms with E-state index in [-0.39, 0.29) is 11.9 Å². The smallest absolute Gasteiger partial charge is 0.308 e. The lowest BCUT2D eigenvalue weighted by Crippen LogP contribution is -2.42. The quantitative estimate of drug-likeness (QED) is 0.748. The van der Waals surface area contributed by atoms with E-state index in [9.17, 15) is 14.7 Å². The largest absolute Gasteiger partial charge is 0.481 e. The first-order chi connectivity index (χ1) is 10.6. The molecule has 2 aromatic rings. The summed E-state index contributed by atoms with van der Waals surface area (Å²) in [5.41, 5.74) is 1.77. The molecule has 1 aromatic carbocycles. The van der Waals surface area contributed by atoms with E-state index in [2.05, 4.69) is 20.7 Å². The third-order valence-electron chi connectivity index (χ3n) is 4.23. The lowest BCUT2D eigenvalue weighted by atomic mass is 9.94. The molecule has 0 radical (unpaired) electrons. The minimum absolute atomic E-state index is 0.261. The zero-order valence-electron chi connectivity index (χ0n) is 12.1. The van der Waals surface area contributed by atoms with Gasteiger partial charge < -0.3 is 10.4 Å². The van der Waals surface area contributed by atoms with Crippen molar-refractivity contribution in [2.75, 3.05) is 0 Å². The zero-order valence-corrected chi connectivity index (χ0v) is 12.1. The number of amides is 1. The molecule has 1 aliphatic carbocycles. The Kier molecular flexibility index (Phi) is 4.04. The van der Waals surface area contributed by atoms with Gasteiger partial charge in [0.1, 0.15) is 11.0 Å². The molecule has 1 fully saturated rings. The molecule has 1 amide bonds. The van der Waals surface area contributed by atoms with Crippen LogP contribution in [-0.4, -0.2) is 38.4 Å². The summed E-state index contributed by atoms with van der Waals surface area (Å²) >= 11 is 0. The standard InChI is InChI=1S/C15H18N4O3/c20-14(9-6-7-12-13(8-9)18-19-17-12)16-11-5-3-1-2-4-10(11)15(21)22/h6-8,10-11H,1-5H2,(H,16,20)(H,21,22)(H,17,18,19)/t10-,11+/m1/s1. The van der Waals surface area contributed by atoms with Crippen LogP contribution in [0.15, 0.2) is 18.2 Å². The molecule has 1 saturated carbocycles. The van der Waals surface area contributed by atoms with Crippen LogP contribution in [0, 0.1) is 5.92 Å². The summed E-state index contributed by atoms with van der Waals surface area (Å²) in [7, 11) is 0. The van der Waals surface area contributed by atoms with Crippen molar-refractivity contribution in [2.24, 2.45) is 5.92 Å². The Balaban J connectivity index is 1.77. The van der Waals surface area contributed by atoms with E-state index < -0.39 is 11.9 Å². The lowest BCUT2D eigenvalue weighted by molar-refractivity contribution is -0.142. The number of benzene rings is 1. The molecule has 0 bridgehead atoms. The number of H-pyrrole nitrogens is 1. The highest BCUT2D eigenvalue weighted by Gasteiger charge is 2.30. The van der Waals surface area contributed by atoms with Gasteiger partial charge in [-0.3, -0.25) is 9.59 Å². The Morgan fingerprint density at radius 2 is 1.91 bits per heavy atom. The van der Waals surface area contributed by atoms with Gasteiger partial charge in [-0.1, -0.05) is 19.3 Å². The van der Waals surface area contributed by atoms with E-state index in [0.717, 1.165) is 19.3 Å². The summed E-state index contributed by atoms with van der Waals surface area (Å²) in [6.45, 7) is 0. The maximum atomic E-state index is 12.4. The molecular weight excluding hydrogens is 284 g/mol. The molecule has 0 unspecified atom stereocenters. The normalized spacial score (nSPS) is 22.2. The lowest BCUT2D eigenvalue weighted by Gasteiger charge is -2.22. The van der Waals surface area contributed by atoms with Gasteiger partial charge in [0.25, 0.3) is 5.91 Å². The Morgan fingerprint density at radius 1 is 1.14 bits per heavy atom. The van der Waals surface area contributed by atoms with Gasteiger partial charge in [-0.05, 0) is 31.0 Å². The van der Waals surface area contributed by atoms with E-state index in [1.54, 1.807) is 18.2 Å². The number of fused-ring (bicyclic) bond motifs is 1. The number of carbonyl (C=O) groups is 2. The highest BCUT2D eigenvalue weighted by atomic mass is 16.4. The number of carboxylic acid groups (broad SMARTS) is 1. The fourth-order valence-electron chi connectivity index (χ4n) is 3.01. The van der Waals surface area contributed by atoms with Gasteiger partial charge in [0.05, 0.1) is 5.92 Å². The number of rotatable bonds is 3. The van der Waals surface area contributed by atoms with Crippen LogP contribution in [0.1, 0.15) is 42.5 Å². The molecule has 1 aromatic heterocycles. The van der Waals surface area contributed by atoms with Crippen LogP contribution in [0.5, 0.6) is 0 Å². The number of aliphatic carboxylic acids is 1. The number of hydrogen-bond acceptors (Lipinski definition) is 4. The summed E-state index contributed by atoms with van der Waals surface area (Å²) in [5, 5.41) is 22.6. The van der Waals surface area contributed by atoms with Gasteiger partial charge >= 0.3 is 5.97 Å². The second-order valence-corrected chi connectivity index (χ2v) is 5.69. The summed E-state index contributed by atoms with van der Waals surface area (Å²) in [5.74, 6) is -1.61. The van der Waals surface area contributed by atoms with Crippen molar-refractivity contribution in [1.82, 2.24) is 20.7 Å². The molecule has 1 aliphatic rings. The van der Waals surface area contributed by atoms with Crippen molar-refractivity contribution < 1.29 is 14.7 Å². The van der Waals surface area contributed by atoms with Crippen LogP contribution in [0.25, 0.3) is 11.0 Å². The number of carbonyl (C=O) groups excluding carboxylic acids is 1. The van der Waals surface area contributed by atoms with Crippen molar-refractivity contribution in [3.8, 4) is 0 Å². The van der Waals surface area contributed by atoms with E-state index in [1.807, 2.05) is 0 Å². The summed E-state index contributed by atoms with van der Waals surface area (Å²) in [4.78, 5) is 23.8. The zero-order chi connectivity index (χ0) is 15.5. The van der Waals surface area contributed by atoms with E-state index in [0.29, 0.717) is 29.4 Å². The summed E-state index contributed by atoms with van der Waals surface area (Å²) in [6, 6.07) is 4.73. The number of aromatic nitrogens is 3. The highest BCUT2D eigenvalue weighted by Crippen LogP contribution is 2.24. The second kappa shape index (κ2) is 6.13. The van der Waals surface area contributed by atoms with Crippen LogP contribution >= 0.6 is 0 Å². The Hall–Kier alpha value is -2.44. The van der Waals surface area contributed by atoms with Crippen LogP contribution < -0.4 is 5.32 Å². The molecule has 7 heteroatoms.